The molecule has 3 heteroatoms. The summed E-state index contributed by atoms with van der Waals surface area (Å²) in [6, 6.07) is 33.6. The van der Waals surface area contributed by atoms with Crippen molar-refractivity contribution < 1.29 is 4.79 Å². The van der Waals surface area contributed by atoms with E-state index >= 15 is 0 Å². The topological polar surface area (TPSA) is 23.6 Å². The Morgan fingerprint density at radius 3 is 1.20 bits per heavy atom. The van der Waals surface area contributed by atoms with Crippen molar-refractivity contribution in [3.63, 3.8) is 0 Å². The summed E-state index contributed by atoms with van der Waals surface area (Å²) in [5.41, 5.74) is 10.4. The SMILES string of the molecule is CC(C)c1cccc(C(C)C)c1N1C=CN(c2c(C(C)C)cccc2C(C)C)C1=C(CC(=O)c1ccccc1)c1ccccc1. The molecule has 3 nitrogen and oxygen atoms in total. The lowest BCUT2D eigenvalue weighted by Crippen LogP contribution is -2.28. The highest BCUT2D eigenvalue weighted by atomic mass is 16.1. The number of benzene rings is 4. The Hall–Kier alpha value is -4.37. The van der Waals surface area contributed by atoms with Gasteiger partial charge in [0.15, 0.2) is 5.78 Å². The molecule has 0 bridgehead atoms. The molecule has 1 heterocycles. The number of para-hydroxylation sites is 2. The maximum atomic E-state index is 14.1. The molecule has 0 atom stereocenters. The fourth-order valence-corrected chi connectivity index (χ4v) is 6.46. The molecule has 4 aromatic carbocycles. The summed E-state index contributed by atoms with van der Waals surface area (Å²) in [7, 11) is 0. The van der Waals surface area contributed by atoms with Gasteiger partial charge in [-0.05, 0) is 51.5 Å². The predicted octanol–water partition coefficient (Wildman–Crippen LogP) is 11.6. The molecule has 1 aliphatic rings. The Morgan fingerprint density at radius 1 is 0.489 bits per heavy atom. The van der Waals surface area contributed by atoms with Crippen LogP contribution in [-0.4, -0.2) is 5.78 Å². The smallest absolute Gasteiger partial charge is 0.167 e. The second kappa shape index (κ2) is 13.7. The van der Waals surface area contributed by atoms with Gasteiger partial charge in [-0.15, -0.1) is 0 Å². The van der Waals surface area contributed by atoms with E-state index in [-0.39, 0.29) is 12.2 Å². The maximum absolute atomic E-state index is 14.1. The van der Waals surface area contributed by atoms with Crippen LogP contribution in [0.2, 0.25) is 0 Å². The normalized spacial score (nSPS) is 13.2. The van der Waals surface area contributed by atoms with Gasteiger partial charge in [-0.3, -0.25) is 4.79 Å². The van der Waals surface area contributed by atoms with Crippen molar-refractivity contribution in [2.75, 3.05) is 9.80 Å². The molecule has 0 N–H and O–H groups in total. The van der Waals surface area contributed by atoms with Crippen LogP contribution in [0, 0.1) is 0 Å². The minimum Gasteiger partial charge on any atom is -0.301 e. The Balaban J connectivity index is 1.88. The van der Waals surface area contributed by atoms with E-state index in [4.69, 9.17) is 0 Å². The largest absolute Gasteiger partial charge is 0.301 e. The van der Waals surface area contributed by atoms with Crippen molar-refractivity contribution in [2.24, 2.45) is 0 Å². The number of hydrogen-bond donors (Lipinski definition) is 0. The first-order valence-corrected chi connectivity index (χ1v) is 16.5. The van der Waals surface area contributed by atoms with E-state index in [2.05, 4.69) is 138 Å². The minimum absolute atomic E-state index is 0.108. The molecule has 1 aliphatic heterocycles. The van der Waals surface area contributed by atoms with E-state index in [1.807, 2.05) is 36.4 Å². The summed E-state index contributed by atoms with van der Waals surface area (Å²) in [5.74, 6) is 2.42. The first-order chi connectivity index (χ1) is 21.6. The quantitative estimate of drug-likeness (QED) is 0.170. The number of nitrogens with zero attached hydrogens (tertiary/aromatic N) is 2. The zero-order chi connectivity index (χ0) is 32.2. The molecule has 0 spiro atoms. The third-order valence-corrected chi connectivity index (χ3v) is 8.81. The van der Waals surface area contributed by atoms with Crippen LogP contribution < -0.4 is 9.80 Å². The van der Waals surface area contributed by atoms with Gasteiger partial charge in [-0.2, -0.15) is 0 Å². The van der Waals surface area contributed by atoms with E-state index in [0.717, 1.165) is 22.5 Å². The van der Waals surface area contributed by atoms with E-state index in [0.29, 0.717) is 23.7 Å². The second-order valence-corrected chi connectivity index (χ2v) is 13.4. The molecule has 0 radical (unpaired) electrons. The Labute approximate surface area is 270 Å². The molecule has 0 fully saturated rings. The highest BCUT2D eigenvalue weighted by Crippen LogP contribution is 2.47. The van der Waals surface area contributed by atoms with Crippen molar-refractivity contribution in [1.29, 1.82) is 0 Å². The molecule has 4 aromatic rings. The molecule has 0 saturated heterocycles. The first-order valence-electron chi connectivity index (χ1n) is 16.5. The van der Waals surface area contributed by atoms with E-state index in [9.17, 15) is 4.79 Å². The molecule has 0 saturated carbocycles. The van der Waals surface area contributed by atoms with Crippen molar-refractivity contribution in [3.8, 4) is 0 Å². The summed E-state index contributed by atoms with van der Waals surface area (Å²) in [6.45, 7) is 18.2. The van der Waals surface area contributed by atoms with Crippen LogP contribution in [0.5, 0.6) is 0 Å². The first kappa shape index (κ1) is 32.0. The van der Waals surface area contributed by atoms with Gasteiger partial charge < -0.3 is 9.80 Å². The number of rotatable bonds is 10. The van der Waals surface area contributed by atoms with Crippen LogP contribution in [-0.2, 0) is 0 Å². The lowest BCUT2D eigenvalue weighted by atomic mass is 9.90. The number of hydrogen-bond acceptors (Lipinski definition) is 3. The van der Waals surface area contributed by atoms with Gasteiger partial charge >= 0.3 is 0 Å². The number of ketones is 1. The predicted molar refractivity (Wildman–Crippen MR) is 192 cm³/mol. The zero-order valence-electron chi connectivity index (χ0n) is 28.2. The molecule has 0 unspecified atom stereocenters. The van der Waals surface area contributed by atoms with Gasteiger partial charge in [0.05, 0.1) is 11.4 Å². The number of Topliss-reactive ketones (excluding diaryl/α,β-unsaturated/α-hetero) is 1. The Bertz CT molecular complexity index is 1570. The second-order valence-electron chi connectivity index (χ2n) is 13.4. The average Bonchev–Trinajstić information content (AvgIpc) is 3.47. The Kier molecular flexibility index (Phi) is 9.77. The van der Waals surface area contributed by atoms with Gasteiger partial charge in [0, 0.05) is 30.0 Å². The van der Waals surface area contributed by atoms with Crippen LogP contribution >= 0.6 is 0 Å². The van der Waals surface area contributed by atoms with Crippen LogP contribution in [0.25, 0.3) is 5.57 Å². The Morgan fingerprint density at radius 2 is 0.844 bits per heavy atom. The summed E-state index contributed by atoms with van der Waals surface area (Å²) in [4.78, 5) is 18.8. The van der Waals surface area contributed by atoms with Crippen molar-refractivity contribution in [3.05, 3.63) is 149 Å². The molecule has 5 rings (SSSR count). The molecular formula is C42H48N2O. The standard InChI is InChI=1S/C42H48N2O/c1-28(2)34-21-15-22-35(29(3)4)40(34)43-25-26-44(41-36(30(5)6)23-16-24-37(41)31(7)8)42(43)38(32-17-11-9-12-18-32)27-39(45)33-19-13-10-14-20-33/h9-26,28-31H,27H2,1-8H3. The fraction of sp³-hybridized carbons (Fsp3) is 0.310. The van der Waals surface area contributed by atoms with Crippen LogP contribution in [0.3, 0.4) is 0 Å². The summed E-state index contributed by atoms with van der Waals surface area (Å²) in [6.07, 6.45) is 4.72. The molecule has 0 aromatic heterocycles. The van der Waals surface area contributed by atoms with E-state index in [1.165, 1.54) is 33.6 Å². The number of carbonyl (C=O) groups excluding carboxylic acids is 1. The zero-order valence-corrected chi connectivity index (χ0v) is 28.2. The third kappa shape index (κ3) is 6.54. The molecule has 232 valence electrons. The van der Waals surface area contributed by atoms with Crippen molar-refractivity contribution >= 4 is 22.7 Å². The summed E-state index contributed by atoms with van der Waals surface area (Å²) >= 11 is 0. The van der Waals surface area contributed by atoms with Gasteiger partial charge in [0.2, 0.25) is 0 Å². The van der Waals surface area contributed by atoms with Crippen LogP contribution in [0.1, 0.15) is 124 Å². The minimum atomic E-state index is 0.108. The average molecular weight is 597 g/mol. The molecule has 0 aliphatic carbocycles. The highest BCUT2D eigenvalue weighted by Gasteiger charge is 2.34. The summed E-state index contributed by atoms with van der Waals surface area (Å²) in [5, 5.41) is 0. The number of anilines is 2. The van der Waals surface area contributed by atoms with Crippen molar-refractivity contribution in [1.82, 2.24) is 0 Å². The molecule has 0 amide bonds. The lowest BCUT2D eigenvalue weighted by molar-refractivity contribution is 0.0998. The third-order valence-electron chi connectivity index (χ3n) is 8.81. The number of carbonyl (C=O) groups is 1. The number of allylic oxidation sites excluding steroid dienone is 1. The fourth-order valence-electron chi connectivity index (χ4n) is 6.46. The van der Waals surface area contributed by atoms with E-state index in [1.54, 1.807) is 0 Å². The lowest BCUT2D eigenvalue weighted by Gasteiger charge is -2.35. The monoisotopic (exact) mass is 596 g/mol. The van der Waals surface area contributed by atoms with Gasteiger partial charge in [-0.1, -0.05) is 152 Å². The van der Waals surface area contributed by atoms with Gasteiger partial charge in [-0.25, -0.2) is 0 Å². The van der Waals surface area contributed by atoms with Crippen LogP contribution in [0.4, 0.5) is 11.4 Å². The van der Waals surface area contributed by atoms with Crippen LogP contribution in [0.15, 0.2) is 115 Å². The maximum Gasteiger partial charge on any atom is 0.167 e. The molecule has 45 heavy (non-hydrogen) atoms. The highest BCUT2D eigenvalue weighted by molar-refractivity contribution is 6.04. The van der Waals surface area contributed by atoms with Gasteiger partial charge in [0.1, 0.15) is 5.82 Å². The van der Waals surface area contributed by atoms with Gasteiger partial charge in [0.25, 0.3) is 0 Å². The summed E-state index contributed by atoms with van der Waals surface area (Å²) < 4.78 is 0. The molecular weight excluding hydrogens is 548 g/mol. The van der Waals surface area contributed by atoms with Crippen molar-refractivity contribution in [2.45, 2.75) is 85.5 Å². The van der Waals surface area contributed by atoms with E-state index < -0.39 is 0 Å².